The van der Waals surface area contributed by atoms with Crippen LogP contribution in [0.4, 0.5) is 5.95 Å². The van der Waals surface area contributed by atoms with Gasteiger partial charge < -0.3 is 0 Å². The molecular weight excluding hydrogens is 169 g/mol. The molecule has 1 N–H and O–H groups in total. The van der Waals surface area contributed by atoms with E-state index in [0.717, 1.165) is 11.4 Å². The molecule has 1 aromatic heterocycles. The van der Waals surface area contributed by atoms with Crippen molar-refractivity contribution in [1.82, 2.24) is 15.2 Å². The van der Waals surface area contributed by atoms with Gasteiger partial charge >= 0.3 is 29.6 Å². The summed E-state index contributed by atoms with van der Waals surface area (Å²) in [5, 5.41) is 9.70. The number of anilines is 1. The molecule has 0 aliphatic rings. The van der Waals surface area contributed by atoms with Crippen LogP contribution >= 0.6 is 0 Å². The zero-order valence-corrected chi connectivity index (χ0v) is 9.20. The van der Waals surface area contributed by atoms with Crippen molar-refractivity contribution in [2.75, 3.05) is 5.43 Å². The van der Waals surface area contributed by atoms with Gasteiger partial charge in [0.2, 0.25) is 0 Å². The summed E-state index contributed by atoms with van der Waals surface area (Å²) in [7, 11) is 0. The largest absolute Gasteiger partial charge is 1.00 e. The molecule has 0 amide bonds. The second kappa shape index (κ2) is 5.13. The fourth-order valence-corrected chi connectivity index (χ4v) is 0.545. The van der Waals surface area contributed by atoms with E-state index in [1.807, 2.05) is 0 Å². The fourth-order valence-electron chi connectivity index (χ4n) is 0.545. The SMILES string of the molecule is Cc1nnc(NN=O)nc1C.[Na+]. The predicted molar refractivity (Wildman–Crippen MR) is 38.7 cm³/mol. The first-order valence-electron chi connectivity index (χ1n) is 3.00. The Labute approximate surface area is 91.4 Å². The summed E-state index contributed by atoms with van der Waals surface area (Å²) in [5.74, 6) is 0.128. The van der Waals surface area contributed by atoms with Crippen LogP contribution in [0.3, 0.4) is 0 Å². The number of aryl methyl sites for hydroxylation is 2. The summed E-state index contributed by atoms with van der Waals surface area (Å²) in [6.45, 7) is 3.56. The zero-order chi connectivity index (χ0) is 8.27. The van der Waals surface area contributed by atoms with E-state index in [0.29, 0.717) is 0 Å². The Bertz CT molecular complexity index is 279. The van der Waals surface area contributed by atoms with Gasteiger partial charge in [-0.05, 0) is 13.8 Å². The van der Waals surface area contributed by atoms with E-state index < -0.39 is 0 Å². The molecule has 0 atom stereocenters. The Morgan fingerprint density at radius 2 is 1.92 bits per heavy atom. The molecule has 0 radical (unpaired) electrons. The van der Waals surface area contributed by atoms with Crippen LogP contribution in [0.25, 0.3) is 0 Å². The van der Waals surface area contributed by atoms with Crippen molar-refractivity contribution in [2.45, 2.75) is 13.8 Å². The van der Waals surface area contributed by atoms with Crippen molar-refractivity contribution < 1.29 is 29.6 Å². The van der Waals surface area contributed by atoms with E-state index in [1.165, 1.54) is 0 Å². The number of hydrogen-bond donors (Lipinski definition) is 1. The number of nitrogens with one attached hydrogen (secondary N) is 1. The molecule has 0 spiro atoms. The summed E-state index contributed by atoms with van der Waals surface area (Å²) < 4.78 is 0. The summed E-state index contributed by atoms with van der Waals surface area (Å²) in [4.78, 5) is 13.6. The number of aromatic nitrogens is 3. The molecule has 1 aromatic rings. The summed E-state index contributed by atoms with van der Waals surface area (Å²) >= 11 is 0. The first-order chi connectivity index (χ1) is 5.24. The van der Waals surface area contributed by atoms with Crippen LogP contribution in [-0.2, 0) is 0 Å². The molecule has 7 heteroatoms. The van der Waals surface area contributed by atoms with E-state index in [9.17, 15) is 4.91 Å². The number of nitroso groups, excluding NO2 is 1. The van der Waals surface area contributed by atoms with Crippen molar-refractivity contribution in [3.63, 3.8) is 0 Å². The van der Waals surface area contributed by atoms with Crippen LogP contribution in [0, 0.1) is 18.8 Å². The number of nitrogens with zero attached hydrogens (tertiary/aromatic N) is 4. The van der Waals surface area contributed by atoms with Gasteiger partial charge in [0.25, 0.3) is 5.95 Å². The average molecular weight is 176 g/mol. The maximum atomic E-state index is 9.70. The van der Waals surface area contributed by atoms with Crippen LogP contribution in [0.15, 0.2) is 5.29 Å². The van der Waals surface area contributed by atoms with Gasteiger partial charge in [0.1, 0.15) is 0 Å². The molecule has 6 nitrogen and oxygen atoms in total. The van der Waals surface area contributed by atoms with Crippen LogP contribution < -0.4 is 35.0 Å². The zero-order valence-electron chi connectivity index (χ0n) is 7.20. The monoisotopic (exact) mass is 176 g/mol. The van der Waals surface area contributed by atoms with E-state index in [2.05, 4.69) is 25.9 Å². The van der Waals surface area contributed by atoms with Gasteiger partial charge in [0.05, 0.1) is 16.7 Å². The standard InChI is InChI=1S/C5H7N5O.Na/c1-3-4(2)7-8-5(6-3)9-10-11;/h1-2H3,(H,6,8,9,11);/q;+1. The quantitative estimate of drug-likeness (QED) is 0.308. The molecule has 1 rings (SSSR count). The normalized spacial score (nSPS) is 8.50. The Balaban J connectivity index is 0.00000121. The first-order valence-corrected chi connectivity index (χ1v) is 3.00. The Morgan fingerprint density at radius 1 is 1.25 bits per heavy atom. The summed E-state index contributed by atoms with van der Waals surface area (Å²) in [5.41, 5.74) is 3.53. The van der Waals surface area contributed by atoms with Gasteiger partial charge in [0.15, 0.2) is 0 Å². The van der Waals surface area contributed by atoms with Crippen LogP contribution in [0.1, 0.15) is 11.4 Å². The summed E-state index contributed by atoms with van der Waals surface area (Å²) in [6.07, 6.45) is 0. The smallest absolute Gasteiger partial charge is 0.214 e. The Morgan fingerprint density at radius 3 is 2.42 bits per heavy atom. The van der Waals surface area contributed by atoms with Crippen LogP contribution in [0.2, 0.25) is 0 Å². The minimum atomic E-state index is 0. The Hall–Kier alpha value is -0.590. The van der Waals surface area contributed by atoms with Crippen molar-refractivity contribution in [2.24, 2.45) is 5.29 Å². The van der Waals surface area contributed by atoms with Gasteiger partial charge in [-0.15, -0.1) is 10.0 Å². The molecule has 0 aromatic carbocycles. The average Bonchev–Trinajstić information content (AvgIpc) is 1.98. The van der Waals surface area contributed by atoms with Crippen LogP contribution in [-0.4, -0.2) is 15.2 Å². The fraction of sp³-hybridized carbons (Fsp3) is 0.400. The molecule has 0 aliphatic carbocycles. The molecule has 0 bridgehead atoms. The third-order valence-electron chi connectivity index (χ3n) is 1.24. The molecule has 0 saturated heterocycles. The third-order valence-corrected chi connectivity index (χ3v) is 1.24. The van der Waals surface area contributed by atoms with Gasteiger partial charge in [0, 0.05) is 0 Å². The van der Waals surface area contributed by atoms with Gasteiger partial charge in [-0.1, -0.05) is 0 Å². The summed E-state index contributed by atoms with van der Waals surface area (Å²) in [6, 6.07) is 0. The maximum absolute atomic E-state index is 9.70. The van der Waals surface area contributed by atoms with Gasteiger partial charge in [-0.3, -0.25) is 0 Å². The van der Waals surface area contributed by atoms with E-state index in [-0.39, 0.29) is 35.5 Å². The predicted octanol–water partition coefficient (Wildman–Crippen LogP) is -2.41. The number of hydrogen-bond acceptors (Lipinski definition) is 5. The molecular formula is C5H7N5NaO+. The molecule has 12 heavy (non-hydrogen) atoms. The number of rotatable bonds is 2. The van der Waals surface area contributed by atoms with Gasteiger partial charge in [-0.25, -0.2) is 10.4 Å². The molecule has 1 heterocycles. The Kier molecular flexibility index (Phi) is 4.87. The van der Waals surface area contributed by atoms with Gasteiger partial charge in [-0.2, -0.15) is 5.10 Å². The molecule has 58 valence electrons. The van der Waals surface area contributed by atoms with Crippen molar-refractivity contribution in [1.29, 1.82) is 0 Å². The minimum absolute atomic E-state index is 0. The van der Waals surface area contributed by atoms with E-state index in [4.69, 9.17) is 0 Å². The minimum Gasteiger partial charge on any atom is -0.214 e. The molecule has 0 saturated carbocycles. The second-order valence-electron chi connectivity index (χ2n) is 2.01. The van der Waals surface area contributed by atoms with E-state index in [1.54, 1.807) is 13.8 Å². The molecule has 0 unspecified atom stereocenters. The van der Waals surface area contributed by atoms with Crippen molar-refractivity contribution in [3.05, 3.63) is 16.3 Å². The van der Waals surface area contributed by atoms with E-state index >= 15 is 0 Å². The molecule has 0 aliphatic heterocycles. The first kappa shape index (κ1) is 11.4. The van der Waals surface area contributed by atoms with Crippen molar-refractivity contribution >= 4 is 5.95 Å². The second-order valence-corrected chi connectivity index (χ2v) is 2.01. The topological polar surface area (TPSA) is 80.1 Å². The molecule has 0 fully saturated rings. The third kappa shape index (κ3) is 2.80. The maximum Gasteiger partial charge on any atom is 1.00 e. The van der Waals surface area contributed by atoms with Crippen LogP contribution in [0.5, 0.6) is 0 Å². The van der Waals surface area contributed by atoms with Crippen molar-refractivity contribution in [3.8, 4) is 0 Å².